The Morgan fingerprint density at radius 3 is 2.43 bits per heavy atom. The van der Waals surface area contributed by atoms with Crippen LogP contribution in [0.25, 0.3) is 0 Å². The monoisotopic (exact) mass is 190 g/mol. The smallest absolute Gasteiger partial charge is 0.00440 e. The maximum atomic E-state index is 4.11. The first-order valence-corrected chi connectivity index (χ1v) is 5.45. The molecular formula is C14H22. The average molecular weight is 190 g/mol. The lowest BCUT2D eigenvalue weighted by Gasteiger charge is -2.33. The van der Waals surface area contributed by atoms with E-state index in [1.807, 2.05) is 6.08 Å². The predicted molar refractivity (Wildman–Crippen MR) is 64.2 cm³/mol. The third-order valence-corrected chi connectivity index (χ3v) is 3.75. The maximum Gasteiger partial charge on any atom is -0.00440 e. The molecule has 0 radical (unpaired) electrons. The van der Waals surface area contributed by atoms with E-state index in [1.54, 1.807) is 0 Å². The fourth-order valence-electron chi connectivity index (χ4n) is 2.55. The van der Waals surface area contributed by atoms with Crippen LogP contribution in [0, 0.1) is 11.3 Å². The highest BCUT2D eigenvalue weighted by molar-refractivity contribution is 5.45. The van der Waals surface area contributed by atoms with Crippen molar-refractivity contribution in [3.05, 3.63) is 36.0 Å². The second-order valence-corrected chi connectivity index (χ2v) is 4.96. The molecule has 0 amide bonds. The first kappa shape index (κ1) is 11.3. The summed E-state index contributed by atoms with van der Waals surface area (Å²) >= 11 is 0. The molecule has 0 bridgehead atoms. The molecule has 78 valence electrons. The van der Waals surface area contributed by atoms with E-state index in [1.165, 1.54) is 29.6 Å². The molecule has 14 heavy (non-hydrogen) atoms. The van der Waals surface area contributed by atoms with Crippen molar-refractivity contribution in [3.63, 3.8) is 0 Å². The van der Waals surface area contributed by atoms with Gasteiger partial charge >= 0.3 is 0 Å². The highest BCUT2D eigenvalue weighted by atomic mass is 14.4. The molecule has 0 fully saturated rings. The van der Waals surface area contributed by atoms with Gasteiger partial charge in [0.25, 0.3) is 0 Å². The van der Waals surface area contributed by atoms with E-state index in [9.17, 15) is 0 Å². The van der Waals surface area contributed by atoms with Crippen LogP contribution < -0.4 is 0 Å². The zero-order chi connectivity index (χ0) is 10.9. The molecule has 0 nitrogen and oxygen atoms in total. The molecule has 0 saturated carbocycles. The van der Waals surface area contributed by atoms with Gasteiger partial charge in [0.15, 0.2) is 0 Å². The molecule has 0 N–H and O–H groups in total. The van der Waals surface area contributed by atoms with Gasteiger partial charge in [0.2, 0.25) is 0 Å². The Hall–Kier alpha value is -0.780. The normalized spacial score (nSPS) is 27.2. The van der Waals surface area contributed by atoms with Gasteiger partial charge in [-0.2, -0.15) is 0 Å². The Labute approximate surface area is 88.4 Å². The molecular weight excluding hydrogens is 168 g/mol. The third kappa shape index (κ3) is 1.58. The summed E-state index contributed by atoms with van der Waals surface area (Å²) in [5.41, 5.74) is 4.40. The van der Waals surface area contributed by atoms with Crippen molar-refractivity contribution in [2.24, 2.45) is 11.3 Å². The Balaban J connectivity index is 3.21. The minimum absolute atomic E-state index is 0.315. The van der Waals surface area contributed by atoms with E-state index in [2.05, 4.69) is 40.9 Å². The summed E-state index contributed by atoms with van der Waals surface area (Å²) in [7, 11) is 0. The second kappa shape index (κ2) is 3.76. The van der Waals surface area contributed by atoms with Gasteiger partial charge in [-0.3, -0.25) is 0 Å². The van der Waals surface area contributed by atoms with Gasteiger partial charge in [0, 0.05) is 0 Å². The van der Waals surface area contributed by atoms with E-state index in [-0.39, 0.29) is 0 Å². The number of allylic oxidation sites excluding steroid dienone is 4. The standard InChI is InChI=1S/C14H22/c1-7-12-8-9-14(6,11(4)5)13(12)10(2)3/h7,11H,1-2,8-9H2,3-6H3. The van der Waals surface area contributed by atoms with Crippen LogP contribution >= 0.6 is 0 Å². The lowest BCUT2D eigenvalue weighted by Crippen LogP contribution is -2.23. The molecule has 0 aromatic rings. The molecule has 0 spiro atoms. The highest BCUT2D eigenvalue weighted by Gasteiger charge is 2.38. The summed E-state index contributed by atoms with van der Waals surface area (Å²) in [5, 5.41) is 0. The summed E-state index contributed by atoms with van der Waals surface area (Å²) in [5.74, 6) is 0.673. The molecule has 0 aromatic heterocycles. The SMILES string of the molecule is C=CC1=C(C(=C)C)C(C)(C(C)C)CC1. The van der Waals surface area contributed by atoms with E-state index >= 15 is 0 Å². The van der Waals surface area contributed by atoms with Crippen molar-refractivity contribution >= 4 is 0 Å². The van der Waals surface area contributed by atoms with Crippen molar-refractivity contribution in [2.75, 3.05) is 0 Å². The second-order valence-electron chi connectivity index (χ2n) is 4.96. The van der Waals surface area contributed by atoms with Crippen molar-refractivity contribution < 1.29 is 0 Å². The Kier molecular flexibility index (Phi) is 3.04. The summed E-state index contributed by atoms with van der Waals surface area (Å²) in [6.45, 7) is 17.1. The van der Waals surface area contributed by atoms with Crippen molar-refractivity contribution in [1.29, 1.82) is 0 Å². The fraction of sp³-hybridized carbons (Fsp3) is 0.571. The van der Waals surface area contributed by atoms with Gasteiger partial charge in [-0.1, -0.05) is 45.6 Å². The van der Waals surface area contributed by atoms with Crippen LogP contribution in [0.15, 0.2) is 36.0 Å². The van der Waals surface area contributed by atoms with Crippen LogP contribution in [-0.2, 0) is 0 Å². The lowest BCUT2D eigenvalue weighted by atomic mass is 9.71. The molecule has 0 aromatic carbocycles. The summed E-state index contributed by atoms with van der Waals surface area (Å²) in [6, 6.07) is 0. The molecule has 0 heteroatoms. The summed E-state index contributed by atoms with van der Waals surface area (Å²) in [6.07, 6.45) is 4.42. The zero-order valence-electron chi connectivity index (χ0n) is 9.98. The van der Waals surface area contributed by atoms with E-state index in [0.29, 0.717) is 11.3 Å². The van der Waals surface area contributed by atoms with Crippen LogP contribution in [-0.4, -0.2) is 0 Å². The summed E-state index contributed by atoms with van der Waals surface area (Å²) in [4.78, 5) is 0. The third-order valence-electron chi connectivity index (χ3n) is 3.75. The van der Waals surface area contributed by atoms with Gasteiger partial charge in [0.1, 0.15) is 0 Å². The van der Waals surface area contributed by atoms with Crippen LogP contribution in [0.4, 0.5) is 0 Å². The predicted octanol–water partition coefficient (Wildman–Crippen LogP) is 4.50. The molecule has 1 aliphatic carbocycles. The van der Waals surface area contributed by atoms with Gasteiger partial charge in [-0.15, -0.1) is 0 Å². The first-order valence-electron chi connectivity index (χ1n) is 5.45. The van der Waals surface area contributed by atoms with E-state index in [4.69, 9.17) is 0 Å². The van der Waals surface area contributed by atoms with Gasteiger partial charge < -0.3 is 0 Å². The highest BCUT2D eigenvalue weighted by Crippen LogP contribution is 2.50. The van der Waals surface area contributed by atoms with Crippen molar-refractivity contribution in [3.8, 4) is 0 Å². The van der Waals surface area contributed by atoms with Gasteiger partial charge in [0.05, 0.1) is 0 Å². The molecule has 0 aliphatic heterocycles. The van der Waals surface area contributed by atoms with Crippen LogP contribution in [0.2, 0.25) is 0 Å². The molecule has 0 heterocycles. The number of hydrogen-bond donors (Lipinski definition) is 0. The Morgan fingerprint density at radius 1 is 1.50 bits per heavy atom. The lowest BCUT2D eigenvalue weighted by molar-refractivity contribution is 0.278. The largest absolute Gasteiger partial charge is 0.0988 e. The molecule has 1 atom stereocenters. The summed E-state index contributed by atoms with van der Waals surface area (Å²) < 4.78 is 0. The van der Waals surface area contributed by atoms with Gasteiger partial charge in [-0.25, -0.2) is 0 Å². The number of hydrogen-bond acceptors (Lipinski definition) is 0. The quantitative estimate of drug-likeness (QED) is 0.614. The Bertz CT molecular complexity index is 291. The van der Waals surface area contributed by atoms with Crippen LogP contribution in [0.1, 0.15) is 40.5 Å². The fourth-order valence-corrected chi connectivity index (χ4v) is 2.55. The molecule has 1 aliphatic rings. The Morgan fingerprint density at radius 2 is 2.07 bits per heavy atom. The molecule has 1 rings (SSSR count). The molecule has 1 unspecified atom stereocenters. The van der Waals surface area contributed by atoms with Crippen molar-refractivity contribution in [2.45, 2.75) is 40.5 Å². The minimum atomic E-state index is 0.315. The molecule has 0 saturated heterocycles. The average Bonchev–Trinajstić information content (AvgIpc) is 2.43. The van der Waals surface area contributed by atoms with Crippen LogP contribution in [0.3, 0.4) is 0 Å². The topological polar surface area (TPSA) is 0 Å². The zero-order valence-corrected chi connectivity index (χ0v) is 9.98. The first-order chi connectivity index (χ1) is 6.43. The van der Waals surface area contributed by atoms with Gasteiger partial charge in [-0.05, 0) is 42.2 Å². The van der Waals surface area contributed by atoms with E-state index in [0.717, 1.165) is 0 Å². The van der Waals surface area contributed by atoms with Crippen molar-refractivity contribution in [1.82, 2.24) is 0 Å². The maximum absolute atomic E-state index is 4.11. The minimum Gasteiger partial charge on any atom is -0.0988 e. The number of rotatable bonds is 3. The van der Waals surface area contributed by atoms with Crippen LogP contribution in [0.5, 0.6) is 0 Å². The van der Waals surface area contributed by atoms with E-state index < -0.39 is 0 Å².